The zero-order valence-corrected chi connectivity index (χ0v) is 33.1. The van der Waals surface area contributed by atoms with Crippen LogP contribution in [0.3, 0.4) is 0 Å². The molecule has 2 amide bonds. The van der Waals surface area contributed by atoms with E-state index < -0.39 is 41.2 Å². The topological polar surface area (TPSA) is 178 Å². The SMILES string of the molecule is C/C(OC=O)=C(\CCC(=O)O)C(=O)Nc1cc(C)[n+](CCCCCCCCCCNC(=O)OC2CC3=C(OC2(C)C)c2ccccc2C(=O)C3=O)c2ccccc12. The predicted octanol–water partition coefficient (Wildman–Crippen LogP) is 7.28. The zero-order valence-electron chi connectivity index (χ0n) is 33.1. The number of unbranched alkanes of at least 4 members (excludes halogenated alkanes) is 7. The second-order valence-electron chi connectivity index (χ2n) is 15.0. The van der Waals surface area contributed by atoms with Gasteiger partial charge in [0.25, 0.3) is 12.4 Å². The van der Waals surface area contributed by atoms with Crippen LogP contribution >= 0.6 is 0 Å². The number of fused-ring (bicyclic) bond motifs is 3. The zero-order chi connectivity index (χ0) is 41.1. The minimum Gasteiger partial charge on any atom is -0.483 e. The lowest BCUT2D eigenvalue weighted by molar-refractivity contribution is -0.677. The largest absolute Gasteiger partial charge is 0.483 e. The fourth-order valence-corrected chi connectivity index (χ4v) is 7.38. The number of para-hydroxylation sites is 1. The number of hydrogen-bond acceptors (Lipinski definition) is 9. The molecule has 57 heavy (non-hydrogen) atoms. The summed E-state index contributed by atoms with van der Waals surface area (Å²) in [5.74, 6) is -2.33. The van der Waals surface area contributed by atoms with Gasteiger partial charge in [0.2, 0.25) is 17.1 Å². The Morgan fingerprint density at radius 3 is 2.26 bits per heavy atom. The third kappa shape index (κ3) is 10.5. The first-order valence-corrected chi connectivity index (χ1v) is 19.6. The van der Waals surface area contributed by atoms with E-state index in [0.29, 0.717) is 29.1 Å². The lowest BCUT2D eigenvalue weighted by atomic mass is 9.81. The number of rotatable bonds is 19. The number of carboxylic acids is 1. The molecule has 0 saturated carbocycles. The second kappa shape index (κ2) is 19.3. The molecule has 0 bridgehead atoms. The van der Waals surface area contributed by atoms with Crippen LogP contribution in [0.5, 0.6) is 0 Å². The molecule has 3 N–H and O–H groups in total. The van der Waals surface area contributed by atoms with Crippen LogP contribution in [0.2, 0.25) is 0 Å². The number of aromatic nitrogens is 1. The number of pyridine rings is 1. The molecule has 1 aromatic heterocycles. The summed E-state index contributed by atoms with van der Waals surface area (Å²) in [6.07, 6.45) is 6.60. The molecular weight excluding hydrogens is 730 g/mol. The van der Waals surface area contributed by atoms with Gasteiger partial charge >= 0.3 is 12.1 Å². The highest BCUT2D eigenvalue weighted by Crippen LogP contribution is 2.42. The normalized spacial score (nSPS) is 16.2. The van der Waals surface area contributed by atoms with Gasteiger partial charge in [-0.15, -0.1) is 0 Å². The third-order valence-corrected chi connectivity index (χ3v) is 10.6. The molecule has 0 radical (unpaired) electrons. The van der Waals surface area contributed by atoms with Crippen LogP contribution in [0, 0.1) is 6.92 Å². The molecule has 302 valence electrons. The highest BCUT2D eigenvalue weighted by atomic mass is 16.6. The van der Waals surface area contributed by atoms with Crippen molar-refractivity contribution in [2.75, 3.05) is 11.9 Å². The second-order valence-corrected chi connectivity index (χ2v) is 15.0. The summed E-state index contributed by atoms with van der Waals surface area (Å²) < 4.78 is 19.0. The van der Waals surface area contributed by atoms with Crippen LogP contribution in [-0.4, -0.2) is 59.4 Å². The number of aliphatic carboxylic acids is 1. The summed E-state index contributed by atoms with van der Waals surface area (Å²) in [5.41, 5.74) is 2.87. The Bertz CT molecular complexity index is 2100. The van der Waals surface area contributed by atoms with Gasteiger partial charge in [-0.05, 0) is 46.1 Å². The first kappa shape index (κ1) is 42.3. The summed E-state index contributed by atoms with van der Waals surface area (Å²) >= 11 is 0. The van der Waals surface area contributed by atoms with Crippen molar-refractivity contribution in [3.63, 3.8) is 0 Å². The van der Waals surface area contributed by atoms with Crippen LogP contribution in [0.15, 0.2) is 71.5 Å². The summed E-state index contributed by atoms with van der Waals surface area (Å²) in [5, 5.41) is 15.7. The van der Waals surface area contributed by atoms with Crippen molar-refractivity contribution in [3.05, 3.63) is 88.3 Å². The van der Waals surface area contributed by atoms with Crippen molar-refractivity contribution in [1.29, 1.82) is 0 Å². The fraction of sp³-hybridized carbons (Fsp3) is 0.432. The van der Waals surface area contributed by atoms with E-state index in [0.717, 1.165) is 74.5 Å². The van der Waals surface area contributed by atoms with Crippen molar-refractivity contribution in [2.24, 2.45) is 0 Å². The molecule has 3 aromatic rings. The molecule has 2 heterocycles. The van der Waals surface area contributed by atoms with Gasteiger partial charge in [0, 0.05) is 56.0 Å². The number of aryl methyl sites for hydroxylation is 2. The molecule has 2 aromatic carbocycles. The number of Topliss-reactive ketones (excluding diaryl/α,β-unsaturated/α-hetero) is 2. The number of nitrogens with one attached hydrogen (secondary N) is 2. The smallest absolute Gasteiger partial charge is 0.407 e. The monoisotopic (exact) mass is 782 g/mol. The standard InChI is InChI=1S/C44H51N3O10/c1-28-25-35(46-42(53)30(21-22-38(49)50)29(2)55-27-48)33-19-13-14-20-36(33)47(28)24-16-10-8-6-5-7-9-15-23-45-43(54)56-37-26-34-40(52)39(51)31-17-11-12-18-32(31)41(34)57-44(37,3)4/h11-14,17-20,25,27,37H,5-10,15-16,21-24,26H2,1-4H3,(H2,45,49,50,54)/p+1/b30-29-. The van der Waals surface area contributed by atoms with E-state index in [4.69, 9.17) is 19.3 Å². The van der Waals surface area contributed by atoms with E-state index in [2.05, 4.69) is 15.2 Å². The number of amides is 2. The third-order valence-electron chi connectivity index (χ3n) is 10.6. The average Bonchev–Trinajstić information content (AvgIpc) is 3.17. The maximum absolute atomic E-state index is 13.2. The number of carbonyl (C=O) groups is 6. The molecule has 13 nitrogen and oxygen atoms in total. The Labute approximate surface area is 332 Å². The maximum atomic E-state index is 13.2. The number of carbonyl (C=O) groups excluding carboxylic acids is 5. The molecule has 0 saturated heterocycles. The molecular formula is C44H52N3O10+. The Kier molecular flexibility index (Phi) is 14.3. The van der Waals surface area contributed by atoms with Gasteiger partial charge in [-0.25, -0.2) is 4.79 Å². The van der Waals surface area contributed by atoms with Gasteiger partial charge in [0.1, 0.15) is 29.8 Å². The molecule has 0 fully saturated rings. The van der Waals surface area contributed by atoms with Crippen molar-refractivity contribution in [3.8, 4) is 0 Å². The van der Waals surface area contributed by atoms with Crippen LogP contribution in [0.25, 0.3) is 16.7 Å². The number of alkyl carbamates (subject to hydrolysis) is 1. The first-order valence-electron chi connectivity index (χ1n) is 19.6. The Hall–Kier alpha value is -5.85. The Balaban J connectivity index is 1.01. The molecule has 1 aliphatic heterocycles. The minimum atomic E-state index is -1.06. The van der Waals surface area contributed by atoms with Crippen molar-refractivity contribution in [2.45, 2.75) is 117 Å². The highest BCUT2D eigenvalue weighted by Gasteiger charge is 2.46. The summed E-state index contributed by atoms with van der Waals surface area (Å²) in [6, 6.07) is 16.6. The van der Waals surface area contributed by atoms with E-state index in [1.54, 1.807) is 24.3 Å². The Morgan fingerprint density at radius 2 is 1.56 bits per heavy atom. The lowest BCUT2D eigenvalue weighted by Gasteiger charge is -2.41. The molecule has 0 spiro atoms. The number of ether oxygens (including phenoxy) is 3. The molecule has 1 aliphatic carbocycles. The number of benzene rings is 2. The van der Waals surface area contributed by atoms with Crippen LogP contribution in [-0.2, 0) is 39.9 Å². The highest BCUT2D eigenvalue weighted by molar-refractivity contribution is 6.52. The van der Waals surface area contributed by atoms with E-state index in [9.17, 15) is 28.8 Å². The van der Waals surface area contributed by atoms with Crippen molar-refractivity contribution in [1.82, 2.24) is 5.32 Å². The molecule has 2 aliphatic rings. The molecule has 13 heteroatoms. The fourth-order valence-electron chi connectivity index (χ4n) is 7.38. The molecule has 5 rings (SSSR count). The lowest BCUT2D eigenvalue weighted by Crippen LogP contribution is -2.48. The van der Waals surface area contributed by atoms with E-state index in [1.807, 2.05) is 51.1 Å². The van der Waals surface area contributed by atoms with Gasteiger partial charge in [0.05, 0.1) is 22.2 Å². The van der Waals surface area contributed by atoms with Gasteiger partial charge in [-0.2, -0.15) is 4.57 Å². The van der Waals surface area contributed by atoms with Crippen LogP contribution in [0.4, 0.5) is 10.5 Å². The Morgan fingerprint density at radius 1 is 0.912 bits per heavy atom. The van der Waals surface area contributed by atoms with Gasteiger partial charge < -0.3 is 30.0 Å². The van der Waals surface area contributed by atoms with Gasteiger partial charge in [0.15, 0.2) is 5.69 Å². The molecule has 1 atom stereocenters. The molecule has 1 unspecified atom stereocenters. The average molecular weight is 783 g/mol. The number of ketones is 2. The summed E-state index contributed by atoms with van der Waals surface area (Å²) in [6.45, 7) is 8.55. The summed E-state index contributed by atoms with van der Waals surface area (Å²) in [7, 11) is 0. The number of anilines is 1. The van der Waals surface area contributed by atoms with Crippen LogP contribution < -0.4 is 15.2 Å². The number of allylic oxidation sites excluding steroid dienone is 1. The van der Waals surface area contributed by atoms with Gasteiger partial charge in [-0.1, -0.05) is 68.5 Å². The van der Waals surface area contributed by atoms with E-state index in [1.165, 1.54) is 6.92 Å². The predicted molar refractivity (Wildman–Crippen MR) is 212 cm³/mol. The number of nitrogens with zero attached hydrogens (tertiary/aromatic N) is 1. The van der Waals surface area contributed by atoms with Crippen molar-refractivity contribution >= 4 is 58.4 Å². The maximum Gasteiger partial charge on any atom is 0.407 e. The number of carboxylic acid groups (broad SMARTS) is 1. The van der Waals surface area contributed by atoms with Crippen LogP contribution in [0.1, 0.15) is 113 Å². The number of hydrogen-bond donors (Lipinski definition) is 3. The van der Waals surface area contributed by atoms with E-state index in [-0.39, 0.29) is 42.6 Å². The van der Waals surface area contributed by atoms with E-state index >= 15 is 0 Å². The quantitative estimate of drug-likeness (QED) is 0.0280. The minimum absolute atomic E-state index is 0.0612. The van der Waals surface area contributed by atoms with Gasteiger partial charge in [-0.3, -0.25) is 24.0 Å². The van der Waals surface area contributed by atoms with Crippen molar-refractivity contribution < 1.29 is 52.7 Å². The first-order chi connectivity index (χ1) is 27.3. The summed E-state index contributed by atoms with van der Waals surface area (Å²) in [4.78, 5) is 73.6.